The van der Waals surface area contributed by atoms with E-state index < -0.39 is 52.4 Å². The largest absolute Gasteiger partial charge is 0.467 e. The van der Waals surface area contributed by atoms with Crippen LogP contribution in [0.4, 0.5) is 4.79 Å². The van der Waals surface area contributed by atoms with Gasteiger partial charge in [0.25, 0.3) is 6.47 Å². The lowest BCUT2D eigenvalue weighted by Gasteiger charge is -2.30. The minimum absolute atomic E-state index is 0.165. The summed E-state index contributed by atoms with van der Waals surface area (Å²) in [4.78, 5) is 90.4. The zero-order valence-electron chi connectivity index (χ0n) is 51.6. The molecular formula is C60H113NO14. The monoisotopic (exact) mass is 1070 g/mol. The van der Waals surface area contributed by atoms with Crippen LogP contribution < -0.4 is 0 Å². The number of esters is 5. The Morgan fingerprint density at radius 2 is 0.693 bits per heavy atom. The van der Waals surface area contributed by atoms with Gasteiger partial charge in [-0.1, -0.05) is 162 Å². The van der Waals surface area contributed by atoms with E-state index in [0.717, 1.165) is 57.8 Å². The lowest BCUT2D eigenvalue weighted by atomic mass is 9.84. The fourth-order valence-electron chi connectivity index (χ4n) is 7.37. The van der Waals surface area contributed by atoms with Crippen molar-refractivity contribution < 1.29 is 66.7 Å². The van der Waals surface area contributed by atoms with Crippen LogP contribution in [0.15, 0.2) is 0 Å². The maximum Gasteiger partial charge on any atom is 0.410 e. The van der Waals surface area contributed by atoms with Gasteiger partial charge in [0.1, 0.15) is 45.2 Å². The molecule has 0 heterocycles. The predicted octanol–water partition coefficient (Wildman–Crippen LogP) is 14.4. The molecule has 15 heteroatoms. The lowest BCUT2D eigenvalue weighted by molar-refractivity contribution is -0.163. The highest BCUT2D eigenvalue weighted by Gasteiger charge is 2.35. The Hall–Kier alpha value is -3.91. The molecule has 0 bridgehead atoms. The van der Waals surface area contributed by atoms with Crippen molar-refractivity contribution in [3.8, 4) is 0 Å². The summed E-state index contributed by atoms with van der Waals surface area (Å²) in [6.45, 7) is 38.7. The van der Waals surface area contributed by atoms with Crippen molar-refractivity contribution in [3.05, 3.63) is 0 Å². The summed E-state index contributed by atoms with van der Waals surface area (Å²) < 4.78 is 38.7. The second-order valence-electron chi connectivity index (χ2n) is 25.3. The number of ether oxygens (including phenoxy) is 7. The number of hydrogen-bond acceptors (Lipinski definition) is 14. The molecule has 0 radical (unpaired) electrons. The van der Waals surface area contributed by atoms with E-state index in [1.165, 1.54) is 30.6 Å². The van der Waals surface area contributed by atoms with E-state index in [-0.39, 0.29) is 108 Å². The fraction of sp³-hybridized carbons (Fsp3) is 0.883. The maximum absolute atomic E-state index is 13.3. The Labute approximate surface area is 457 Å². The number of carbonyl (C=O) groups excluding carboxylic acids is 7. The second kappa shape index (κ2) is 38.6. The zero-order chi connectivity index (χ0) is 58.6. The average Bonchev–Trinajstić information content (AvgIpc) is 3.32. The molecule has 0 rings (SSSR count). The third-order valence-electron chi connectivity index (χ3n) is 12.9. The molecule has 15 nitrogen and oxygen atoms in total. The van der Waals surface area contributed by atoms with Gasteiger partial charge in [-0.3, -0.25) is 28.8 Å². The van der Waals surface area contributed by atoms with E-state index in [1.807, 2.05) is 55.4 Å². The smallest absolute Gasteiger partial charge is 0.410 e. The van der Waals surface area contributed by atoms with E-state index >= 15 is 0 Å². The fourth-order valence-corrected chi connectivity index (χ4v) is 7.37. The topological polar surface area (TPSA) is 187 Å². The summed E-state index contributed by atoms with van der Waals surface area (Å²) in [5, 5.41) is 0. The molecule has 442 valence electrons. The minimum atomic E-state index is -1.08. The van der Waals surface area contributed by atoms with Crippen LogP contribution >= 0.6 is 0 Å². The summed E-state index contributed by atoms with van der Waals surface area (Å²) >= 11 is 0. The van der Waals surface area contributed by atoms with Crippen LogP contribution in [0.25, 0.3) is 0 Å². The molecule has 0 N–H and O–H groups in total. The molecule has 0 fully saturated rings. The number of nitrogens with zero attached hydrogens (tertiary/aromatic N) is 1. The van der Waals surface area contributed by atoms with Gasteiger partial charge in [0.15, 0.2) is 0 Å². The van der Waals surface area contributed by atoms with Gasteiger partial charge in [0.2, 0.25) is 0 Å². The number of rotatable bonds is 38. The number of amides is 1. The highest BCUT2D eigenvalue weighted by atomic mass is 16.6. The number of unbranched alkanes of at least 4 members (excludes halogenated alkanes) is 4. The van der Waals surface area contributed by atoms with Crippen LogP contribution in [0.5, 0.6) is 0 Å². The van der Waals surface area contributed by atoms with Gasteiger partial charge in [-0.05, 0) is 82.0 Å². The van der Waals surface area contributed by atoms with Gasteiger partial charge in [-0.25, -0.2) is 4.79 Å². The first-order valence-electron chi connectivity index (χ1n) is 28.5. The first-order chi connectivity index (χ1) is 34.7. The standard InChI is InChI=1S/C49H87NO14.C9H20.C2H6/c1-15-18-23-45(7,8)28-40(54)61-33-48(13,31-58-37-51)32-59-38(52)21-26-50(43(57)64-44(4,5)6)27-22-39(53)60-34-49(14,35-62-41(55)29-46(9,10)24-19-16-2)36-63-42(56)30-47(11,12)25-20-17-3;1-5-7-8-9(3,4)6-2;1-2/h37H,15-36H2,1-14H3;5-8H2,1-4H3;1-2H3. The van der Waals surface area contributed by atoms with Crippen LogP contribution in [0.3, 0.4) is 0 Å². The van der Waals surface area contributed by atoms with Gasteiger partial charge in [-0.2, -0.15) is 0 Å². The summed E-state index contributed by atoms with van der Waals surface area (Å²) in [6.07, 6.45) is 13.2. The lowest BCUT2D eigenvalue weighted by Crippen LogP contribution is -2.40. The minimum Gasteiger partial charge on any atom is -0.467 e. The van der Waals surface area contributed by atoms with Gasteiger partial charge in [0.05, 0.1) is 42.9 Å². The molecule has 0 saturated carbocycles. The van der Waals surface area contributed by atoms with Crippen LogP contribution in [-0.2, 0) is 61.9 Å². The van der Waals surface area contributed by atoms with Crippen molar-refractivity contribution in [3.63, 3.8) is 0 Å². The molecule has 75 heavy (non-hydrogen) atoms. The van der Waals surface area contributed by atoms with Crippen LogP contribution in [0.2, 0.25) is 0 Å². The van der Waals surface area contributed by atoms with Crippen molar-refractivity contribution in [2.45, 2.75) is 260 Å². The summed E-state index contributed by atoms with van der Waals surface area (Å²) in [5.74, 6) is -2.60. The highest BCUT2D eigenvalue weighted by molar-refractivity contribution is 5.74. The van der Waals surface area contributed by atoms with Crippen LogP contribution in [0, 0.1) is 32.5 Å². The third kappa shape index (κ3) is 41.9. The molecule has 0 aromatic carbocycles. The van der Waals surface area contributed by atoms with E-state index in [0.29, 0.717) is 5.41 Å². The Bertz CT molecular complexity index is 1580. The Balaban J connectivity index is -0.00000422. The Kier molecular flexibility index (Phi) is 38.8. The predicted molar refractivity (Wildman–Crippen MR) is 299 cm³/mol. The highest BCUT2D eigenvalue weighted by Crippen LogP contribution is 2.32. The van der Waals surface area contributed by atoms with E-state index in [4.69, 9.17) is 33.2 Å². The SMILES string of the molecule is CC.CCCCC(C)(C)CC.CCCCC(C)(C)CC(=O)OCC(C)(COC=O)COC(=O)CCN(CCC(=O)OCC(C)(COC(=O)CC(C)(C)CCCC)COC(=O)CC(C)(C)CCCC)C(=O)OC(C)(C)C. The van der Waals surface area contributed by atoms with Gasteiger partial charge < -0.3 is 38.1 Å². The van der Waals surface area contributed by atoms with Gasteiger partial charge in [-0.15, -0.1) is 0 Å². The van der Waals surface area contributed by atoms with Crippen molar-refractivity contribution in [2.75, 3.05) is 52.7 Å². The van der Waals surface area contributed by atoms with Crippen molar-refractivity contribution in [2.24, 2.45) is 32.5 Å². The quantitative estimate of drug-likeness (QED) is 0.0323. The first kappa shape index (κ1) is 75.3. The summed E-state index contributed by atoms with van der Waals surface area (Å²) in [5.41, 5.74) is -3.20. The van der Waals surface area contributed by atoms with Crippen molar-refractivity contribution in [1.82, 2.24) is 4.90 Å². The van der Waals surface area contributed by atoms with Gasteiger partial charge in [0, 0.05) is 13.1 Å². The van der Waals surface area contributed by atoms with E-state index in [9.17, 15) is 33.6 Å². The number of carbonyl (C=O) groups is 7. The van der Waals surface area contributed by atoms with Crippen molar-refractivity contribution >= 4 is 42.4 Å². The molecule has 0 aliphatic rings. The van der Waals surface area contributed by atoms with Gasteiger partial charge >= 0.3 is 35.9 Å². The Morgan fingerprint density at radius 1 is 0.413 bits per heavy atom. The molecule has 1 amide bonds. The molecule has 0 saturated heterocycles. The Morgan fingerprint density at radius 3 is 0.960 bits per heavy atom. The first-order valence-corrected chi connectivity index (χ1v) is 28.5. The van der Waals surface area contributed by atoms with Crippen LogP contribution in [0.1, 0.15) is 254 Å². The molecular weight excluding hydrogens is 959 g/mol. The zero-order valence-corrected chi connectivity index (χ0v) is 51.6. The van der Waals surface area contributed by atoms with E-state index in [1.54, 1.807) is 34.6 Å². The second-order valence-corrected chi connectivity index (χ2v) is 25.3. The molecule has 0 aliphatic heterocycles. The maximum atomic E-state index is 13.3. The average molecular weight is 1070 g/mol. The third-order valence-corrected chi connectivity index (χ3v) is 12.9. The molecule has 0 aromatic heterocycles. The summed E-state index contributed by atoms with van der Waals surface area (Å²) in [6, 6.07) is 0. The molecule has 1 unspecified atom stereocenters. The van der Waals surface area contributed by atoms with Crippen LogP contribution in [-0.4, -0.2) is 106 Å². The normalized spacial score (nSPS) is 12.8. The molecule has 1 atom stereocenters. The molecule has 0 aliphatic carbocycles. The molecule has 0 aromatic rings. The van der Waals surface area contributed by atoms with E-state index in [2.05, 4.69) is 48.5 Å². The summed E-state index contributed by atoms with van der Waals surface area (Å²) in [7, 11) is 0. The molecule has 0 spiro atoms. The van der Waals surface area contributed by atoms with Crippen molar-refractivity contribution in [1.29, 1.82) is 0 Å². The number of hydrogen-bond donors (Lipinski definition) is 0.